The average molecular weight is 308 g/mol. The predicted molar refractivity (Wildman–Crippen MR) is 96.1 cm³/mol. The molecule has 120 valence electrons. The number of hydrogen-bond donors (Lipinski definition) is 2. The molecule has 0 aliphatic heterocycles. The first kappa shape index (κ1) is 16.9. The van der Waals surface area contributed by atoms with Crippen molar-refractivity contribution >= 4 is 0 Å². The molecule has 0 aliphatic carbocycles. The Balaban J connectivity index is 2.64. The Morgan fingerprint density at radius 2 is 1.43 bits per heavy atom. The van der Waals surface area contributed by atoms with Gasteiger partial charge in [-0.1, -0.05) is 44.2 Å². The highest BCUT2D eigenvalue weighted by atomic mass is 16.3. The average Bonchev–Trinajstić information content (AvgIpc) is 2.51. The van der Waals surface area contributed by atoms with Gasteiger partial charge in [0.05, 0.1) is 0 Å². The van der Waals surface area contributed by atoms with Crippen molar-refractivity contribution in [1.29, 1.82) is 0 Å². The molecule has 0 amide bonds. The van der Waals surface area contributed by atoms with Crippen LogP contribution in [0.25, 0.3) is 0 Å². The molecule has 2 rings (SSSR count). The van der Waals surface area contributed by atoms with E-state index in [-0.39, 0.29) is 11.2 Å². The van der Waals surface area contributed by atoms with Gasteiger partial charge in [0.15, 0.2) is 0 Å². The standard InChI is InChI=1S/C21H24O2/c1-5-7-17-18(8-6-2)20(23)14-13-19(17)21(3,4)15-9-11-16(22)12-10-15/h5-6,9-14,22-23H,1-2,7-8H2,3-4H3. The lowest BCUT2D eigenvalue weighted by Gasteiger charge is -2.30. The molecule has 0 aliphatic rings. The molecule has 0 fully saturated rings. The summed E-state index contributed by atoms with van der Waals surface area (Å²) in [5, 5.41) is 19.8. The number of aromatic hydroxyl groups is 2. The summed E-state index contributed by atoms with van der Waals surface area (Å²) in [6.07, 6.45) is 4.97. The van der Waals surface area contributed by atoms with E-state index in [2.05, 4.69) is 27.0 Å². The van der Waals surface area contributed by atoms with Crippen LogP contribution >= 0.6 is 0 Å². The monoisotopic (exact) mass is 308 g/mol. The quantitative estimate of drug-likeness (QED) is 0.747. The maximum Gasteiger partial charge on any atom is 0.119 e. The summed E-state index contributed by atoms with van der Waals surface area (Å²) in [6.45, 7) is 11.9. The molecule has 2 heteroatoms. The number of phenols is 2. The first-order chi connectivity index (χ1) is 10.9. The highest BCUT2D eigenvalue weighted by molar-refractivity contribution is 5.52. The third-order valence-electron chi connectivity index (χ3n) is 4.37. The van der Waals surface area contributed by atoms with Crippen LogP contribution in [0.4, 0.5) is 0 Å². The van der Waals surface area contributed by atoms with Crippen molar-refractivity contribution in [2.75, 3.05) is 0 Å². The Hall–Kier alpha value is -2.48. The molecular weight excluding hydrogens is 284 g/mol. The van der Waals surface area contributed by atoms with E-state index < -0.39 is 0 Å². The van der Waals surface area contributed by atoms with Gasteiger partial charge in [-0.15, -0.1) is 13.2 Å². The second kappa shape index (κ2) is 6.74. The van der Waals surface area contributed by atoms with Gasteiger partial charge >= 0.3 is 0 Å². The van der Waals surface area contributed by atoms with Gasteiger partial charge in [0.2, 0.25) is 0 Å². The van der Waals surface area contributed by atoms with Crippen molar-refractivity contribution in [3.63, 3.8) is 0 Å². The maximum atomic E-state index is 10.2. The molecule has 0 radical (unpaired) electrons. The Morgan fingerprint density at radius 1 is 0.870 bits per heavy atom. The highest BCUT2D eigenvalue weighted by Gasteiger charge is 2.27. The zero-order valence-electron chi connectivity index (χ0n) is 13.8. The molecule has 2 nitrogen and oxygen atoms in total. The van der Waals surface area contributed by atoms with Crippen LogP contribution in [0.3, 0.4) is 0 Å². The minimum atomic E-state index is -0.254. The summed E-state index contributed by atoms with van der Waals surface area (Å²) in [5.41, 5.74) is 4.01. The number of phenolic OH excluding ortho intramolecular Hbond substituents is 2. The van der Waals surface area contributed by atoms with Gasteiger partial charge in [0, 0.05) is 11.0 Å². The van der Waals surface area contributed by atoms with E-state index in [1.807, 2.05) is 24.3 Å². The fourth-order valence-electron chi connectivity index (χ4n) is 3.05. The van der Waals surface area contributed by atoms with Crippen LogP contribution in [0, 0.1) is 0 Å². The highest BCUT2D eigenvalue weighted by Crippen LogP contribution is 2.38. The molecule has 0 bridgehead atoms. The van der Waals surface area contributed by atoms with Crippen molar-refractivity contribution < 1.29 is 10.2 Å². The summed E-state index contributed by atoms with van der Waals surface area (Å²) < 4.78 is 0. The Morgan fingerprint density at radius 3 is 2.00 bits per heavy atom. The SMILES string of the molecule is C=CCc1c(O)ccc(C(C)(C)c2ccc(O)cc2)c1CC=C. The van der Waals surface area contributed by atoms with Gasteiger partial charge in [0.1, 0.15) is 11.5 Å². The second-order valence-corrected chi connectivity index (χ2v) is 6.25. The van der Waals surface area contributed by atoms with E-state index in [1.54, 1.807) is 24.3 Å². The molecule has 2 aromatic rings. The molecular formula is C21H24O2. The maximum absolute atomic E-state index is 10.2. The van der Waals surface area contributed by atoms with Gasteiger partial charge in [0.25, 0.3) is 0 Å². The molecule has 0 atom stereocenters. The smallest absolute Gasteiger partial charge is 0.119 e. The van der Waals surface area contributed by atoms with Crippen molar-refractivity contribution in [1.82, 2.24) is 0 Å². The number of benzene rings is 2. The van der Waals surface area contributed by atoms with Crippen molar-refractivity contribution in [2.45, 2.75) is 32.1 Å². The van der Waals surface area contributed by atoms with Crippen molar-refractivity contribution in [3.8, 4) is 11.5 Å². The van der Waals surface area contributed by atoms with Gasteiger partial charge in [-0.05, 0) is 47.7 Å². The summed E-state index contributed by atoms with van der Waals surface area (Å²) in [5.74, 6) is 0.556. The number of hydrogen-bond acceptors (Lipinski definition) is 2. The minimum Gasteiger partial charge on any atom is -0.508 e. The predicted octanol–water partition coefficient (Wildman–Crippen LogP) is 4.88. The van der Waals surface area contributed by atoms with Crippen LogP contribution in [0.15, 0.2) is 61.7 Å². The normalized spacial score (nSPS) is 11.2. The van der Waals surface area contributed by atoms with Crippen LogP contribution in [-0.2, 0) is 18.3 Å². The lowest BCUT2D eigenvalue weighted by atomic mass is 9.74. The first-order valence-electron chi connectivity index (χ1n) is 7.77. The van der Waals surface area contributed by atoms with Crippen LogP contribution in [0.2, 0.25) is 0 Å². The Kier molecular flexibility index (Phi) is 4.95. The molecule has 0 heterocycles. The van der Waals surface area contributed by atoms with E-state index in [1.165, 1.54) is 0 Å². The first-order valence-corrected chi connectivity index (χ1v) is 7.77. The van der Waals surface area contributed by atoms with Gasteiger partial charge in [-0.25, -0.2) is 0 Å². The molecule has 23 heavy (non-hydrogen) atoms. The number of allylic oxidation sites excluding steroid dienone is 2. The van der Waals surface area contributed by atoms with Crippen molar-refractivity contribution in [2.24, 2.45) is 0 Å². The van der Waals surface area contributed by atoms with E-state index >= 15 is 0 Å². The van der Waals surface area contributed by atoms with Crippen LogP contribution in [-0.4, -0.2) is 10.2 Å². The third kappa shape index (κ3) is 3.31. The molecule has 2 N–H and O–H groups in total. The van der Waals surface area contributed by atoms with E-state index in [9.17, 15) is 10.2 Å². The van der Waals surface area contributed by atoms with E-state index in [0.717, 1.165) is 22.3 Å². The molecule has 2 aromatic carbocycles. The zero-order valence-corrected chi connectivity index (χ0v) is 13.8. The largest absolute Gasteiger partial charge is 0.508 e. The summed E-state index contributed by atoms with van der Waals surface area (Å²) in [7, 11) is 0. The van der Waals surface area contributed by atoms with Crippen LogP contribution in [0.5, 0.6) is 11.5 Å². The number of rotatable bonds is 6. The minimum absolute atomic E-state index is 0.254. The summed E-state index contributed by atoms with van der Waals surface area (Å²) >= 11 is 0. The van der Waals surface area contributed by atoms with Crippen molar-refractivity contribution in [3.05, 3.63) is 84.0 Å². The van der Waals surface area contributed by atoms with E-state index in [4.69, 9.17) is 0 Å². The van der Waals surface area contributed by atoms with Gasteiger partial charge < -0.3 is 10.2 Å². The molecule has 0 spiro atoms. The Bertz CT molecular complexity index is 709. The molecule has 0 saturated heterocycles. The lowest BCUT2D eigenvalue weighted by Crippen LogP contribution is -2.21. The topological polar surface area (TPSA) is 40.5 Å². The van der Waals surface area contributed by atoms with Crippen LogP contribution in [0.1, 0.15) is 36.1 Å². The van der Waals surface area contributed by atoms with Gasteiger partial charge in [-0.3, -0.25) is 0 Å². The van der Waals surface area contributed by atoms with E-state index in [0.29, 0.717) is 18.6 Å². The fourth-order valence-corrected chi connectivity index (χ4v) is 3.05. The second-order valence-electron chi connectivity index (χ2n) is 6.25. The van der Waals surface area contributed by atoms with Crippen LogP contribution < -0.4 is 0 Å². The summed E-state index contributed by atoms with van der Waals surface area (Å²) in [4.78, 5) is 0. The third-order valence-corrected chi connectivity index (χ3v) is 4.37. The molecule has 0 aromatic heterocycles. The summed E-state index contributed by atoms with van der Waals surface area (Å²) in [6, 6.07) is 11.0. The Labute approximate surface area is 138 Å². The van der Waals surface area contributed by atoms with Gasteiger partial charge in [-0.2, -0.15) is 0 Å². The fraction of sp³-hybridized carbons (Fsp3) is 0.238. The zero-order chi connectivity index (χ0) is 17.0. The molecule has 0 saturated carbocycles. The lowest BCUT2D eigenvalue weighted by molar-refractivity contribution is 0.467. The molecule has 0 unspecified atom stereocenters.